The van der Waals surface area contributed by atoms with Gasteiger partial charge < -0.3 is 9.72 Å². The Morgan fingerprint density at radius 3 is 2.07 bits per heavy atom. The van der Waals surface area contributed by atoms with Gasteiger partial charge in [-0.3, -0.25) is 4.79 Å². The highest BCUT2D eigenvalue weighted by atomic mass is 35.5. The van der Waals surface area contributed by atoms with E-state index in [0.29, 0.717) is 5.02 Å². The Balaban J connectivity index is 2.09. The summed E-state index contributed by atoms with van der Waals surface area (Å²) in [6.07, 6.45) is 1.89. The molecule has 1 aromatic heterocycles. The lowest BCUT2D eigenvalue weighted by Gasteiger charge is -2.34. The molecule has 0 saturated carbocycles. The summed E-state index contributed by atoms with van der Waals surface area (Å²) in [6.45, 7) is 1.44. The van der Waals surface area contributed by atoms with Gasteiger partial charge in [0.1, 0.15) is 0 Å². The molecule has 0 aliphatic carbocycles. The van der Waals surface area contributed by atoms with Crippen LogP contribution >= 0.6 is 11.6 Å². The molecule has 0 radical (unpaired) electrons. The SMILES string of the molecule is CC(=O)OC(c1ccccc1)(c1ccccc1)c1c[nH]c2cc(Cl)ccc12. The molecule has 3 nitrogen and oxygen atoms in total. The van der Waals surface area contributed by atoms with Crippen molar-refractivity contribution in [2.45, 2.75) is 12.5 Å². The summed E-state index contributed by atoms with van der Waals surface area (Å²) in [6, 6.07) is 25.3. The van der Waals surface area contributed by atoms with E-state index in [1.54, 1.807) is 0 Å². The van der Waals surface area contributed by atoms with Crippen molar-refractivity contribution in [1.82, 2.24) is 4.98 Å². The van der Waals surface area contributed by atoms with Crippen molar-refractivity contribution in [3.05, 3.63) is 107 Å². The fourth-order valence-electron chi connectivity index (χ4n) is 3.60. The van der Waals surface area contributed by atoms with Gasteiger partial charge in [-0.25, -0.2) is 0 Å². The van der Waals surface area contributed by atoms with Crippen LogP contribution in [0.5, 0.6) is 0 Å². The van der Waals surface area contributed by atoms with Gasteiger partial charge in [-0.05, 0) is 12.1 Å². The molecule has 0 aliphatic rings. The summed E-state index contributed by atoms with van der Waals surface area (Å²) in [5.41, 5.74) is 2.44. The van der Waals surface area contributed by atoms with E-state index in [1.807, 2.05) is 85.1 Å². The second-order valence-corrected chi connectivity index (χ2v) is 6.84. The second kappa shape index (κ2) is 6.93. The van der Waals surface area contributed by atoms with E-state index in [2.05, 4.69) is 4.98 Å². The number of nitrogens with one attached hydrogen (secondary N) is 1. The number of carbonyl (C=O) groups is 1. The lowest BCUT2D eigenvalue weighted by molar-refractivity contribution is -0.150. The van der Waals surface area contributed by atoms with Crippen molar-refractivity contribution in [2.24, 2.45) is 0 Å². The van der Waals surface area contributed by atoms with Crippen LogP contribution in [-0.2, 0) is 15.1 Å². The van der Waals surface area contributed by atoms with E-state index in [4.69, 9.17) is 16.3 Å². The van der Waals surface area contributed by atoms with Crippen LogP contribution in [0.15, 0.2) is 85.1 Å². The molecule has 134 valence electrons. The highest BCUT2D eigenvalue weighted by Gasteiger charge is 2.41. The van der Waals surface area contributed by atoms with Crippen LogP contribution in [0, 0.1) is 0 Å². The van der Waals surface area contributed by atoms with Gasteiger partial charge in [0.2, 0.25) is 0 Å². The number of hydrogen-bond acceptors (Lipinski definition) is 2. The van der Waals surface area contributed by atoms with E-state index in [0.717, 1.165) is 27.6 Å². The topological polar surface area (TPSA) is 42.1 Å². The maximum Gasteiger partial charge on any atom is 0.304 e. The molecule has 4 heteroatoms. The number of halogens is 1. The smallest absolute Gasteiger partial charge is 0.304 e. The van der Waals surface area contributed by atoms with Crippen molar-refractivity contribution >= 4 is 28.5 Å². The Bertz CT molecular complexity index is 1050. The van der Waals surface area contributed by atoms with Crippen molar-refractivity contribution < 1.29 is 9.53 Å². The lowest BCUT2D eigenvalue weighted by atomic mass is 9.80. The molecule has 0 spiro atoms. The maximum atomic E-state index is 12.2. The first-order chi connectivity index (χ1) is 13.1. The molecule has 0 saturated heterocycles. The highest BCUT2D eigenvalue weighted by Crippen LogP contribution is 2.43. The first-order valence-corrected chi connectivity index (χ1v) is 9.07. The maximum absolute atomic E-state index is 12.2. The molecule has 1 N–H and O–H groups in total. The molecule has 0 atom stereocenters. The first-order valence-electron chi connectivity index (χ1n) is 8.69. The molecule has 0 aliphatic heterocycles. The second-order valence-electron chi connectivity index (χ2n) is 6.40. The fraction of sp³-hybridized carbons (Fsp3) is 0.0870. The number of H-pyrrole nitrogens is 1. The summed E-state index contributed by atoms with van der Waals surface area (Å²) < 4.78 is 6.10. The van der Waals surface area contributed by atoms with E-state index in [9.17, 15) is 4.79 Å². The third-order valence-electron chi connectivity index (χ3n) is 4.68. The summed E-state index contributed by atoms with van der Waals surface area (Å²) in [5.74, 6) is -0.356. The number of benzene rings is 3. The first kappa shape index (κ1) is 17.4. The molecular formula is C23H18ClNO2. The highest BCUT2D eigenvalue weighted by molar-refractivity contribution is 6.31. The Labute approximate surface area is 162 Å². The number of ether oxygens (including phenoxy) is 1. The van der Waals surface area contributed by atoms with Gasteiger partial charge in [0.15, 0.2) is 5.60 Å². The van der Waals surface area contributed by atoms with Gasteiger partial charge in [0.05, 0.1) is 0 Å². The zero-order valence-electron chi connectivity index (χ0n) is 14.8. The number of carbonyl (C=O) groups excluding carboxylic acids is 1. The van der Waals surface area contributed by atoms with Gasteiger partial charge in [-0.1, -0.05) is 78.3 Å². The molecule has 1 heterocycles. The molecule has 4 aromatic rings. The van der Waals surface area contributed by atoms with E-state index in [-0.39, 0.29) is 5.97 Å². The van der Waals surface area contributed by atoms with Gasteiger partial charge >= 0.3 is 5.97 Å². The Hall–Kier alpha value is -3.04. The predicted molar refractivity (Wildman–Crippen MR) is 108 cm³/mol. The average Bonchev–Trinajstić information content (AvgIpc) is 3.10. The largest absolute Gasteiger partial charge is 0.444 e. The van der Waals surface area contributed by atoms with Crippen LogP contribution in [0.2, 0.25) is 5.02 Å². The van der Waals surface area contributed by atoms with E-state index in [1.165, 1.54) is 6.92 Å². The van der Waals surface area contributed by atoms with Gasteiger partial charge in [0.25, 0.3) is 0 Å². The third kappa shape index (κ3) is 3.00. The normalized spacial score (nSPS) is 11.5. The number of rotatable bonds is 4. The van der Waals surface area contributed by atoms with Crippen LogP contribution < -0.4 is 0 Å². The molecule has 0 bridgehead atoms. The standard InChI is InChI=1S/C23H18ClNO2/c1-16(26)27-23(17-8-4-2-5-9-17,18-10-6-3-7-11-18)21-15-25-22-14-19(24)12-13-20(21)22/h2-15,25H,1H3. The number of fused-ring (bicyclic) bond motifs is 1. The monoisotopic (exact) mass is 375 g/mol. The van der Waals surface area contributed by atoms with Crippen molar-refractivity contribution in [1.29, 1.82) is 0 Å². The van der Waals surface area contributed by atoms with E-state index >= 15 is 0 Å². The number of aromatic nitrogens is 1. The number of esters is 1. The number of aromatic amines is 1. The number of hydrogen-bond donors (Lipinski definition) is 1. The summed E-state index contributed by atoms with van der Waals surface area (Å²) in [5, 5.41) is 1.60. The van der Waals surface area contributed by atoms with Crippen molar-refractivity contribution in [3.63, 3.8) is 0 Å². The minimum atomic E-state index is -1.07. The van der Waals surface area contributed by atoms with Crippen LogP contribution in [-0.4, -0.2) is 11.0 Å². The van der Waals surface area contributed by atoms with Crippen molar-refractivity contribution in [3.8, 4) is 0 Å². The Morgan fingerprint density at radius 2 is 1.52 bits per heavy atom. The van der Waals surface area contributed by atoms with Gasteiger partial charge in [-0.2, -0.15) is 0 Å². The van der Waals surface area contributed by atoms with Gasteiger partial charge in [-0.15, -0.1) is 0 Å². The fourth-order valence-corrected chi connectivity index (χ4v) is 3.77. The quantitative estimate of drug-likeness (QED) is 0.466. The van der Waals surface area contributed by atoms with Gasteiger partial charge in [0, 0.05) is 45.7 Å². The van der Waals surface area contributed by atoms with Crippen LogP contribution in [0.3, 0.4) is 0 Å². The van der Waals surface area contributed by atoms with Crippen LogP contribution in [0.25, 0.3) is 10.9 Å². The Morgan fingerprint density at radius 1 is 0.926 bits per heavy atom. The zero-order valence-corrected chi connectivity index (χ0v) is 15.5. The lowest BCUT2D eigenvalue weighted by Crippen LogP contribution is -2.34. The molecular weight excluding hydrogens is 358 g/mol. The van der Waals surface area contributed by atoms with Crippen molar-refractivity contribution in [2.75, 3.05) is 0 Å². The minimum Gasteiger partial charge on any atom is -0.444 e. The van der Waals surface area contributed by atoms with Crippen LogP contribution in [0.1, 0.15) is 23.6 Å². The third-order valence-corrected chi connectivity index (χ3v) is 4.92. The van der Waals surface area contributed by atoms with Crippen LogP contribution in [0.4, 0.5) is 0 Å². The summed E-state index contributed by atoms with van der Waals surface area (Å²) >= 11 is 6.16. The summed E-state index contributed by atoms with van der Waals surface area (Å²) in [4.78, 5) is 15.5. The molecule has 0 fully saturated rings. The molecule has 4 rings (SSSR count). The predicted octanol–water partition coefficient (Wildman–Crippen LogP) is 5.68. The molecule has 3 aromatic carbocycles. The average molecular weight is 376 g/mol. The zero-order chi connectivity index (χ0) is 18.9. The molecule has 0 amide bonds. The van der Waals surface area contributed by atoms with E-state index < -0.39 is 5.60 Å². The minimum absolute atomic E-state index is 0.356. The molecule has 27 heavy (non-hydrogen) atoms. The molecule has 0 unspecified atom stereocenters. The Kier molecular flexibility index (Phi) is 4.46. The summed E-state index contributed by atoms with van der Waals surface area (Å²) in [7, 11) is 0.